The Morgan fingerprint density at radius 3 is 2.47 bits per heavy atom. The van der Waals surface area contributed by atoms with E-state index in [1.165, 1.54) is 0 Å². The second-order valence-corrected chi connectivity index (χ2v) is 5.33. The number of anilines is 2. The molecule has 0 aliphatic carbocycles. The Morgan fingerprint density at radius 1 is 1.26 bits per heavy atom. The van der Waals surface area contributed by atoms with Gasteiger partial charge in [-0.2, -0.15) is 0 Å². The number of nitrogens with zero attached hydrogens (tertiary/aromatic N) is 1. The van der Waals surface area contributed by atoms with Gasteiger partial charge in [0.2, 0.25) is 0 Å². The molecule has 0 amide bonds. The topological polar surface area (TPSA) is 46.2 Å². The van der Waals surface area contributed by atoms with Crippen molar-refractivity contribution in [1.82, 2.24) is 4.98 Å². The van der Waals surface area contributed by atoms with Crippen molar-refractivity contribution in [1.29, 1.82) is 0 Å². The fourth-order valence-corrected chi connectivity index (χ4v) is 2.06. The van der Waals surface area contributed by atoms with Crippen molar-refractivity contribution in [2.45, 2.75) is 20.3 Å². The van der Waals surface area contributed by atoms with Crippen molar-refractivity contribution < 1.29 is 4.74 Å². The van der Waals surface area contributed by atoms with E-state index in [9.17, 15) is 0 Å². The summed E-state index contributed by atoms with van der Waals surface area (Å²) in [6.45, 7) is 6.45. The maximum atomic E-state index is 6.13. The van der Waals surface area contributed by atoms with Gasteiger partial charge in [0.15, 0.2) is 0 Å². The minimum Gasteiger partial charge on any atom is -0.384 e. The van der Waals surface area contributed by atoms with Gasteiger partial charge in [0, 0.05) is 20.2 Å². The van der Waals surface area contributed by atoms with Crippen LogP contribution in [-0.2, 0) is 4.74 Å². The number of rotatable bonds is 8. The minimum absolute atomic E-state index is 0.380. The van der Waals surface area contributed by atoms with E-state index in [0.29, 0.717) is 34.2 Å². The van der Waals surface area contributed by atoms with E-state index >= 15 is 0 Å². The molecule has 0 aliphatic heterocycles. The van der Waals surface area contributed by atoms with Gasteiger partial charge in [-0.1, -0.05) is 37.0 Å². The van der Waals surface area contributed by atoms with E-state index in [-0.39, 0.29) is 0 Å². The summed E-state index contributed by atoms with van der Waals surface area (Å²) >= 11 is 12.2. The molecule has 0 aromatic carbocycles. The van der Waals surface area contributed by atoms with Gasteiger partial charge in [-0.05, 0) is 18.4 Å². The SMILES string of the molecule is CCCNc1nc(NCC(C)COC)c(Cl)cc1Cl. The van der Waals surface area contributed by atoms with Crippen LogP contribution in [0.4, 0.5) is 11.6 Å². The zero-order chi connectivity index (χ0) is 14.3. The highest BCUT2D eigenvalue weighted by atomic mass is 35.5. The molecule has 0 saturated heterocycles. The normalized spacial score (nSPS) is 12.3. The quantitative estimate of drug-likeness (QED) is 0.764. The Balaban J connectivity index is 2.71. The van der Waals surface area contributed by atoms with Crippen molar-refractivity contribution in [2.75, 3.05) is 37.4 Å². The lowest BCUT2D eigenvalue weighted by molar-refractivity contribution is 0.164. The van der Waals surface area contributed by atoms with Crippen molar-refractivity contribution in [3.05, 3.63) is 16.1 Å². The van der Waals surface area contributed by atoms with Crippen molar-refractivity contribution >= 4 is 34.8 Å². The molecule has 1 atom stereocenters. The number of methoxy groups -OCH3 is 1. The number of pyridine rings is 1. The molecule has 0 spiro atoms. The maximum absolute atomic E-state index is 6.13. The highest BCUT2D eigenvalue weighted by Gasteiger charge is 2.10. The molecule has 4 nitrogen and oxygen atoms in total. The van der Waals surface area contributed by atoms with Crippen LogP contribution >= 0.6 is 23.2 Å². The first kappa shape index (κ1) is 16.3. The largest absolute Gasteiger partial charge is 0.384 e. The zero-order valence-corrected chi connectivity index (χ0v) is 13.1. The predicted octanol–water partition coefficient (Wildman–Crippen LogP) is 3.90. The molecule has 1 aromatic rings. The minimum atomic E-state index is 0.380. The summed E-state index contributed by atoms with van der Waals surface area (Å²) in [6, 6.07) is 1.71. The second-order valence-electron chi connectivity index (χ2n) is 4.52. The fourth-order valence-electron chi connectivity index (χ4n) is 1.57. The van der Waals surface area contributed by atoms with E-state index in [4.69, 9.17) is 27.9 Å². The fraction of sp³-hybridized carbons (Fsp3) is 0.615. The third kappa shape index (κ3) is 5.43. The van der Waals surface area contributed by atoms with Gasteiger partial charge in [-0.3, -0.25) is 0 Å². The predicted molar refractivity (Wildman–Crippen MR) is 82.6 cm³/mol. The number of aromatic nitrogens is 1. The second kappa shape index (κ2) is 8.46. The number of ether oxygens (including phenoxy) is 1. The van der Waals surface area contributed by atoms with Crippen LogP contribution in [0.15, 0.2) is 6.07 Å². The Hall–Kier alpha value is -0.710. The molecule has 0 radical (unpaired) electrons. The summed E-state index contributed by atoms with van der Waals surface area (Å²) in [6.07, 6.45) is 1.01. The lowest BCUT2D eigenvalue weighted by Crippen LogP contribution is -2.17. The summed E-state index contributed by atoms with van der Waals surface area (Å²) < 4.78 is 5.09. The van der Waals surface area contributed by atoms with Gasteiger partial charge in [0.1, 0.15) is 11.6 Å². The molecule has 0 saturated carbocycles. The average Bonchev–Trinajstić information content (AvgIpc) is 2.37. The van der Waals surface area contributed by atoms with Crippen LogP contribution in [0.1, 0.15) is 20.3 Å². The molecule has 0 aliphatic rings. The average molecular weight is 306 g/mol. The van der Waals surface area contributed by atoms with Crippen LogP contribution in [0.5, 0.6) is 0 Å². The number of hydrogen-bond donors (Lipinski definition) is 2. The van der Waals surface area contributed by atoms with Gasteiger partial charge >= 0.3 is 0 Å². The highest BCUT2D eigenvalue weighted by Crippen LogP contribution is 2.29. The number of hydrogen-bond acceptors (Lipinski definition) is 4. The Bertz CT molecular complexity index is 402. The standard InChI is InChI=1S/C13H21Cl2N3O/c1-4-5-16-12-10(14)6-11(15)13(18-12)17-7-9(2)8-19-3/h6,9H,4-5,7-8H2,1-3H3,(H2,16,17,18). The van der Waals surface area contributed by atoms with Crippen LogP contribution in [0.25, 0.3) is 0 Å². The highest BCUT2D eigenvalue weighted by molar-refractivity contribution is 6.37. The van der Waals surface area contributed by atoms with Gasteiger partial charge in [0.05, 0.1) is 16.7 Å². The first-order chi connectivity index (χ1) is 9.08. The number of nitrogens with one attached hydrogen (secondary N) is 2. The first-order valence-corrected chi connectivity index (χ1v) is 7.16. The molecular formula is C13H21Cl2N3O. The van der Waals surface area contributed by atoms with Crippen LogP contribution in [0, 0.1) is 5.92 Å². The zero-order valence-electron chi connectivity index (χ0n) is 11.6. The van der Waals surface area contributed by atoms with Gasteiger partial charge < -0.3 is 15.4 Å². The monoisotopic (exact) mass is 305 g/mol. The Labute approximate surface area is 124 Å². The summed E-state index contributed by atoms with van der Waals surface area (Å²) in [7, 11) is 1.69. The molecule has 108 valence electrons. The van der Waals surface area contributed by atoms with Crippen molar-refractivity contribution in [2.24, 2.45) is 5.92 Å². The molecule has 6 heteroatoms. The number of halogens is 2. The molecule has 1 rings (SSSR count). The molecule has 2 N–H and O–H groups in total. The van der Waals surface area contributed by atoms with Crippen LogP contribution in [0.3, 0.4) is 0 Å². The lowest BCUT2D eigenvalue weighted by Gasteiger charge is -2.15. The molecule has 0 bridgehead atoms. The molecule has 19 heavy (non-hydrogen) atoms. The van der Waals surface area contributed by atoms with E-state index in [1.54, 1.807) is 13.2 Å². The van der Waals surface area contributed by atoms with Crippen LogP contribution < -0.4 is 10.6 Å². The van der Waals surface area contributed by atoms with Crippen LogP contribution in [0.2, 0.25) is 10.0 Å². The van der Waals surface area contributed by atoms with Crippen molar-refractivity contribution in [3.63, 3.8) is 0 Å². The molecule has 1 heterocycles. The molecular weight excluding hydrogens is 285 g/mol. The Morgan fingerprint density at radius 2 is 1.89 bits per heavy atom. The van der Waals surface area contributed by atoms with E-state index < -0.39 is 0 Å². The van der Waals surface area contributed by atoms with E-state index in [1.807, 2.05) is 0 Å². The summed E-state index contributed by atoms with van der Waals surface area (Å²) in [5.74, 6) is 1.69. The smallest absolute Gasteiger partial charge is 0.147 e. The third-order valence-electron chi connectivity index (χ3n) is 2.54. The summed E-state index contributed by atoms with van der Waals surface area (Å²) in [4.78, 5) is 4.41. The van der Waals surface area contributed by atoms with E-state index in [2.05, 4.69) is 29.5 Å². The van der Waals surface area contributed by atoms with Crippen LogP contribution in [-0.4, -0.2) is 31.8 Å². The molecule has 1 unspecified atom stereocenters. The van der Waals surface area contributed by atoms with Crippen molar-refractivity contribution in [3.8, 4) is 0 Å². The lowest BCUT2D eigenvalue weighted by atomic mass is 10.2. The van der Waals surface area contributed by atoms with Gasteiger partial charge in [-0.25, -0.2) is 4.98 Å². The summed E-state index contributed by atoms with van der Waals surface area (Å²) in [5.41, 5.74) is 0. The molecule has 1 aromatic heterocycles. The third-order valence-corrected chi connectivity index (χ3v) is 3.12. The first-order valence-electron chi connectivity index (χ1n) is 6.41. The Kier molecular flexibility index (Phi) is 7.28. The summed E-state index contributed by atoms with van der Waals surface area (Å²) in [5, 5.41) is 7.46. The van der Waals surface area contributed by atoms with Gasteiger partial charge in [-0.15, -0.1) is 0 Å². The van der Waals surface area contributed by atoms with Gasteiger partial charge in [0.25, 0.3) is 0 Å². The maximum Gasteiger partial charge on any atom is 0.147 e. The van der Waals surface area contributed by atoms with E-state index in [0.717, 1.165) is 19.5 Å². The molecule has 0 fully saturated rings.